The minimum Gasteiger partial charge on any atom is -0.480 e. The first-order valence-corrected chi connectivity index (χ1v) is 5.95. The number of hydrogen-bond donors (Lipinski definition) is 1. The van der Waals surface area contributed by atoms with E-state index >= 15 is 0 Å². The Balaban J connectivity index is 2.22. The molecule has 0 aromatic carbocycles. The van der Waals surface area contributed by atoms with Gasteiger partial charge in [0.2, 0.25) is 5.95 Å². The molecule has 5 nitrogen and oxygen atoms in total. The first kappa shape index (κ1) is 11.8. The van der Waals surface area contributed by atoms with E-state index in [1.54, 1.807) is 6.20 Å². The highest BCUT2D eigenvalue weighted by atomic mass is 16.4. The molecule has 0 unspecified atom stereocenters. The van der Waals surface area contributed by atoms with Crippen LogP contribution in [0, 0.1) is 6.92 Å². The van der Waals surface area contributed by atoms with Crippen LogP contribution in [0.3, 0.4) is 0 Å². The summed E-state index contributed by atoms with van der Waals surface area (Å²) in [5.41, 5.74) is 0.864. The summed E-state index contributed by atoms with van der Waals surface area (Å²) in [5.74, 6) is -0.290. The van der Waals surface area contributed by atoms with Gasteiger partial charge in [-0.05, 0) is 25.8 Å². The average Bonchev–Trinajstić information content (AvgIpc) is 2.79. The smallest absolute Gasteiger partial charge is 0.323 e. The van der Waals surface area contributed by atoms with Crippen molar-refractivity contribution in [2.45, 2.75) is 38.6 Å². The van der Waals surface area contributed by atoms with Gasteiger partial charge in [-0.3, -0.25) is 4.79 Å². The summed E-state index contributed by atoms with van der Waals surface area (Å²) in [6, 6.07) is 2.09. The molecular formula is C12H17N3O2. The van der Waals surface area contributed by atoms with Crippen molar-refractivity contribution < 1.29 is 9.90 Å². The number of carbonyl (C=O) groups is 1. The molecule has 5 heteroatoms. The molecule has 1 fully saturated rings. The average molecular weight is 235 g/mol. The molecule has 0 saturated heterocycles. The predicted molar refractivity (Wildman–Crippen MR) is 64.0 cm³/mol. The lowest BCUT2D eigenvalue weighted by molar-refractivity contribution is -0.135. The van der Waals surface area contributed by atoms with Crippen LogP contribution in [0.5, 0.6) is 0 Å². The summed E-state index contributed by atoms with van der Waals surface area (Å²) in [4.78, 5) is 21.3. The fraction of sp³-hybridized carbons (Fsp3) is 0.583. The number of anilines is 1. The van der Waals surface area contributed by atoms with Gasteiger partial charge in [0.25, 0.3) is 0 Å². The zero-order valence-corrected chi connectivity index (χ0v) is 9.96. The van der Waals surface area contributed by atoms with Crippen molar-refractivity contribution in [1.29, 1.82) is 0 Å². The van der Waals surface area contributed by atoms with E-state index in [-0.39, 0.29) is 12.6 Å². The number of rotatable bonds is 4. The van der Waals surface area contributed by atoms with Gasteiger partial charge in [-0.15, -0.1) is 0 Å². The molecule has 1 aromatic heterocycles. The molecule has 1 aliphatic rings. The summed E-state index contributed by atoms with van der Waals surface area (Å²) in [6.07, 6.45) is 6.07. The first-order valence-electron chi connectivity index (χ1n) is 5.95. The number of nitrogens with zero attached hydrogens (tertiary/aromatic N) is 3. The molecular weight excluding hydrogens is 218 g/mol. The van der Waals surface area contributed by atoms with Crippen LogP contribution in [0.4, 0.5) is 5.95 Å². The largest absolute Gasteiger partial charge is 0.480 e. The second-order valence-corrected chi connectivity index (χ2v) is 4.46. The van der Waals surface area contributed by atoms with Crippen LogP contribution in [0.2, 0.25) is 0 Å². The van der Waals surface area contributed by atoms with E-state index in [2.05, 4.69) is 9.97 Å². The maximum Gasteiger partial charge on any atom is 0.323 e. The molecule has 1 N–H and O–H groups in total. The summed E-state index contributed by atoms with van der Waals surface area (Å²) in [7, 11) is 0. The zero-order chi connectivity index (χ0) is 12.3. The van der Waals surface area contributed by atoms with Crippen LogP contribution in [0.15, 0.2) is 12.3 Å². The Morgan fingerprint density at radius 3 is 2.82 bits per heavy atom. The fourth-order valence-corrected chi connectivity index (χ4v) is 2.30. The van der Waals surface area contributed by atoms with Crippen molar-refractivity contribution in [3.05, 3.63) is 18.0 Å². The molecule has 0 aliphatic heterocycles. The Morgan fingerprint density at radius 1 is 1.53 bits per heavy atom. The Hall–Kier alpha value is -1.65. The molecule has 0 bridgehead atoms. The molecule has 2 rings (SSSR count). The molecule has 17 heavy (non-hydrogen) atoms. The Morgan fingerprint density at radius 2 is 2.24 bits per heavy atom. The van der Waals surface area contributed by atoms with E-state index in [0.717, 1.165) is 31.4 Å². The van der Waals surface area contributed by atoms with Crippen molar-refractivity contribution in [3.63, 3.8) is 0 Å². The van der Waals surface area contributed by atoms with E-state index in [4.69, 9.17) is 5.11 Å². The minimum atomic E-state index is -0.831. The van der Waals surface area contributed by atoms with E-state index < -0.39 is 5.97 Å². The predicted octanol–water partition coefficient (Wildman–Crippen LogP) is 1.62. The van der Waals surface area contributed by atoms with Gasteiger partial charge in [-0.25, -0.2) is 9.97 Å². The second kappa shape index (κ2) is 5.12. The maximum atomic E-state index is 10.9. The molecule has 92 valence electrons. The van der Waals surface area contributed by atoms with E-state index in [1.165, 1.54) is 0 Å². The van der Waals surface area contributed by atoms with E-state index in [0.29, 0.717) is 5.95 Å². The van der Waals surface area contributed by atoms with Crippen LogP contribution in [-0.2, 0) is 4.79 Å². The van der Waals surface area contributed by atoms with Crippen LogP contribution < -0.4 is 4.90 Å². The molecule has 1 saturated carbocycles. The maximum absolute atomic E-state index is 10.9. The van der Waals surface area contributed by atoms with Crippen LogP contribution in [0.25, 0.3) is 0 Å². The summed E-state index contributed by atoms with van der Waals surface area (Å²) >= 11 is 0. The van der Waals surface area contributed by atoms with Gasteiger partial charge in [-0.1, -0.05) is 12.8 Å². The van der Waals surface area contributed by atoms with Gasteiger partial charge in [0.15, 0.2) is 0 Å². The lowest BCUT2D eigenvalue weighted by Gasteiger charge is -2.27. The van der Waals surface area contributed by atoms with Gasteiger partial charge in [0.05, 0.1) is 0 Å². The highest BCUT2D eigenvalue weighted by Crippen LogP contribution is 2.25. The monoisotopic (exact) mass is 235 g/mol. The van der Waals surface area contributed by atoms with Gasteiger partial charge < -0.3 is 10.0 Å². The normalized spacial score (nSPS) is 16.1. The third-order valence-corrected chi connectivity index (χ3v) is 3.11. The van der Waals surface area contributed by atoms with Gasteiger partial charge in [0, 0.05) is 17.9 Å². The number of hydrogen-bond acceptors (Lipinski definition) is 4. The standard InChI is InChI=1S/C12H17N3O2/c1-9-6-7-13-12(14-9)15(8-11(16)17)10-4-2-3-5-10/h6-7,10H,2-5,8H2,1H3,(H,16,17). The first-order chi connectivity index (χ1) is 8.16. The van der Waals surface area contributed by atoms with Gasteiger partial charge >= 0.3 is 5.97 Å². The number of carboxylic acid groups (broad SMARTS) is 1. The summed E-state index contributed by atoms with van der Waals surface area (Å²) < 4.78 is 0. The highest BCUT2D eigenvalue weighted by molar-refractivity contribution is 5.72. The molecule has 0 atom stereocenters. The SMILES string of the molecule is Cc1ccnc(N(CC(=O)O)C2CCCC2)n1. The van der Waals surface area contributed by atoms with Crippen molar-refractivity contribution in [2.24, 2.45) is 0 Å². The Labute approximate surface area is 100 Å². The van der Waals surface area contributed by atoms with Gasteiger partial charge in [0.1, 0.15) is 6.54 Å². The molecule has 1 aliphatic carbocycles. The van der Waals surface area contributed by atoms with Crippen molar-refractivity contribution in [3.8, 4) is 0 Å². The second-order valence-electron chi connectivity index (χ2n) is 4.46. The van der Waals surface area contributed by atoms with Crippen molar-refractivity contribution in [1.82, 2.24) is 9.97 Å². The number of carboxylic acids is 1. The number of aromatic nitrogens is 2. The number of aliphatic carboxylic acids is 1. The topological polar surface area (TPSA) is 66.3 Å². The lowest BCUT2D eigenvalue weighted by Crippen LogP contribution is -2.38. The molecule has 0 amide bonds. The van der Waals surface area contributed by atoms with Crippen molar-refractivity contribution >= 4 is 11.9 Å². The molecule has 1 heterocycles. The molecule has 1 aromatic rings. The third kappa shape index (κ3) is 2.93. The van der Waals surface area contributed by atoms with Crippen LogP contribution in [-0.4, -0.2) is 33.6 Å². The Kier molecular flexibility index (Phi) is 3.56. The van der Waals surface area contributed by atoms with Crippen LogP contribution >= 0.6 is 0 Å². The Bertz CT molecular complexity index is 402. The van der Waals surface area contributed by atoms with Crippen LogP contribution in [0.1, 0.15) is 31.4 Å². The fourth-order valence-electron chi connectivity index (χ4n) is 2.30. The molecule has 0 radical (unpaired) electrons. The van der Waals surface area contributed by atoms with Gasteiger partial charge in [-0.2, -0.15) is 0 Å². The third-order valence-electron chi connectivity index (χ3n) is 3.11. The quantitative estimate of drug-likeness (QED) is 0.859. The van der Waals surface area contributed by atoms with E-state index in [9.17, 15) is 4.79 Å². The lowest BCUT2D eigenvalue weighted by atomic mass is 10.2. The minimum absolute atomic E-state index is 0.0197. The summed E-state index contributed by atoms with van der Waals surface area (Å²) in [5, 5.41) is 8.98. The van der Waals surface area contributed by atoms with E-state index in [1.807, 2.05) is 17.9 Å². The van der Waals surface area contributed by atoms with Crippen molar-refractivity contribution in [2.75, 3.05) is 11.4 Å². The zero-order valence-electron chi connectivity index (χ0n) is 9.96. The summed E-state index contributed by atoms with van der Waals surface area (Å²) in [6.45, 7) is 1.87. The number of aryl methyl sites for hydroxylation is 1. The molecule has 0 spiro atoms. The highest BCUT2D eigenvalue weighted by Gasteiger charge is 2.26.